The van der Waals surface area contributed by atoms with Gasteiger partial charge in [-0.1, -0.05) is 37.3 Å². The number of pyridine rings is 1. The van der Waals surface area contributed by atoms with Crippen molar-refractivity contribution in [3.63, 3.8) is 0 Å². The highest BCUT2D eigenvalue weighted by molar-refractivity contribution is 5.92. The minimum atomic E-state index is -0.0962. The lowest BCUT2D eigenvalue weighted by Gasteiger charge is -2.36. The number of anilines is 1. The standard InChI is InChI=1S/C20H26N4O/c1-2-10-21-20(25)19-9-8-18(15-22-19)24-13-11-23(12-14-24)16-17-6-4-3-5-7-17/h3-9,15H,2,10-14,16H2,1H3,(H,21,25). The van der Waals surface area contributed by atoms with Crippen LogP contribution in [0.15, 0.2) is 48.7 Å². The summed E-state index contributed by atoms with van der Waals surface area (Å²) < 4.78 is 0. The largest absolute Gasteiger partial charge is 0.368 e. The normalized spacial score (nSPS) is 15.2. The van der Waals surface area contributed by atoms with Crippen LogP contribution >= 0.6 is 0 Å². The van der Waals surface area contributed by atoms with Crippen molar-refractivity contribution < 1.29 is 4.79 Å². The molecule has 2 aromatic rings. The minimum absolute atomic E-state index is 0.0962. The molecule has 1 aliphatic heterocycles. The Hall–Kier alpha value is -2.40. The van der Waals surface area contributed by atoms with Gasteiger partial charge in [-0.2, -0.15) is 0 Å². The molecule has 1 saturated heterocycles. The lowest BCUT2D eigenvalue weighted by atomic mass is 10.2. The lowest BCUT2D eigenvalue weighted by molar-refractivity contribution is 0.0948. The average Bonchev–Trinajstić information content (AvgIpc) is 2.68. The lowest BCUT2D eigenvalue weighted by Crippen LogP contribution is -2.46. The van der Waals surface area contributed by atoms with E-state index in [4.69, 9.17) is 0 Å². The van der Waals surface area contributed by atoms with E-state index in [1.807, 2.05) is 25.3 Å². The van der Waals surface area contributed by atoms with Crippen LogP contribution in [0.4, 0.5) is 5.69 Å². The van der Waals surface area contributed by atoms with Crippen molar-refractivity contribution in [3.05, 3.63) is 59.9 Å². The summed E-state index contributed by atoms with van der Waals surface area (Å²) in [4.78, 5) is 21.1. The highest BCUT2D eigenvalue weighted by atomic mass is 16.1. The van der Waals surface area contributed by atoms with Gasteiger partial charge < -0.3 is 10.2 Å². The first-order chi connectivity index (χ1) is 12.3. The van der Waals surface area contributed by atoms with Gasteiger partial charge in [0.2, 0.25) is 0 Å². The maximum Gasteiger partial charge on any atom is 0.269 e. The average molecular weight is 338 g/mol. The van der Waals surface area contributed by atoms with Crippen molar-refractivity contribution >= 4 is 11.6 Å². The van der Waals surface area contributed by atoms with Gasteiger partial charge in [0, 0.05) is 39.3 Å². The number of amides is 1. The van der Waals surface area contributed by atoms with Gasteiger partial charge >= 0.3 is 0 Å². The predicted octanol–water partition coefficient (Wildman–Crippen LogP) is 2.54. The number of carbonyl (C=O) groups is 1. The molecule has 0 atom stereocenters. The molecule has 3 rings (SSSR count). The molecule has 1 aromatic carbocycles. The van der Waals surface area contributed by atoms with Crippen LogP contribution in [0.3, 0.4) is 0 Å². The zero-order valence-electron chi connectivity index (χ0n) is 14.8. The fraction of sp³-hybridized carbons (Fsp3) is 0.400. The summed E-state index contributed by atoms with van der Waals surface area (Å²) in [6, 6.07) is 14.4. The van der Waals surface area contributed by atoms with E-state index in [-0.39, 0.29) is 5.91 Å². The molecule has 1 aliphatic rings. The van der Waals surface area contributed by atoms with Gasteiger partial charge in [-0.25, -0.2) is 4.98 Å². The second-order valence-electron chi connectivity index (χ2n) is 6.41. The van der Waals surface area contributed by atoms with Crippen molar-refractivity contribution in [1.29, 1.82) is 0 Å². The SMILES string of the molecule is CCCNC(=O)c1ccc(N2CCN(Cc3ccccc3)CC2)cn1. The number of nitrogens with zero attached hydrogens (tertiary/aromatic N) is 3. The van der Waals surface area contributed by atoms with E-state index in [0.29, 0.717) is 12.2 Å². The molecule has 1 fully saturated rings. The zero-order chi connectivity index (χ0) is 17.5. The number of hydrogen-bond donors (Lipinski definition) is 1. The first kappa shape index (κ1) is 17.4. The van der Waals surface area contributed by atoms with Crippen molar-refractivity contribution in [2.24, 2.45) is 0 Å². The van der Waals surface area contributed by atoms with Crippen LogP contribution in [0.2, 0.25) is 0 Å². The molecule has 2 heterocycles. The fourth-order valence-corrected chi connectivity index (χ4v) is 3.04. The summed E-state index contributed by atoms with van der Waals surface area (Å²) in [5, 5.41) is 2.85. The van der Waals surface area contributed by atoms with Gasteiger partial charge in [-0.15, -0.1) is 0 Å². The number of aromatic nitrogens is 1. The van der Waals surface area contributed by atoms with Gasteiger partial charge in [-0.3, -0.25) is 9.69 Å². The van der Waals surface area contributed by atoms with E-state index in [1.165, 1.54) is 5.56 Å². The Morgan fingerprint density at radius 1 is 1.08 bits per heavy atom. The second-order valence-corrected chi connectivity index (χ2v) is 6.41. The smallest absolute Gasteiger partial charge is 0.269 e. The number of benzene rings is 1. The molecule has 0 aliphatic carbocycles. The monoisotopic (exact) mass is 338 g/mol. The number of carbonyl (C=O) groups excluding carboxylic acids is 1. The van der Waals surface area contributed by atoms with E-state index in [9.17, 15) is 4.79 Å². The minimum Gasteiger partial charge on any atom is -0.368 e. The van der Waals surface area contributed by atoms with Crippen LogP contribution in [0, 0.1) is 0 Å². The summed E-state index contributed by atoms with van der Waals surface area (Å²) in [6.07, 6.45) is 2.74. The van der Waals surface area contributed by atoms with Crippen LogP contribution in [0.25, 0.3) is 0 Å². The summed E-state index contributed by atoms with van der Waals surface area (Å²) in [7, 11) is 0. The third kappa shape index (κ3) is 4.79. The van der Waals surface area contributed by atoms with Crippen LogP contribution in [-0.4, -0.2) is 48.5 Å². The predicted molar refractivity (Wildman–Crippen MR) is 101 cm³/mol. The van der Waals surface area contributed by atoms with Gasteiger partial charge in [-0.05, 0) is 24.1 Å². The van der Waals surface area contributed by atoms with E-state index in [2.05, 4.69) is 50.4 Å². The Morgan fingerprint density at radius 3 is 2.48 bits per heavy atom. The third-order valence-corrected chi connectivity index (χ3v) is 4.50. The van der Waals surface area contributed by atoms with Gasteiger partial charge in [0.25, 0.3) is 5.91 Å². The van der Waals surface area contributed by atoms with Crippen molar-refractivity contribution in [3.8, 4) is 0 Å². The molecule has 5 nitrogen and oxygen atoms in total. The molecule has 132 valence electrons. The van der Waals surface area contributed by atoms with Gasteiger partial charge in [0.05, 0.1) is 11.9 Å². The first-order valence-corrected chi connectivity index (χ1v) is 9.01. The molecular formula is C20H26N4O. The molecule has 0 saturated carbocycles. The zero-order valence-corrected chi connectivity index (χ0v) is 14.8. The van der Waals surface area contributed by atoms with Gasteiger partial charge in [0.1, 0.15) is 5.69 Å². The molecule has 1 aromatic heterocycles. The highest BCUT2D eigenvalue weighted by Crippen LogP contribution is 2.17. The van der Waals surface area contributed by atoms with E-state index in [1.54, 1.807) is 0 Å². The maximum atomic E-state index is 11.9. The Kier molecular flexibility index (Phi) is 6.01. The number of piperazine rings is 1. The molecule has 5 heteroatoms. The highest BCUT2D eigenvalue weighted by Gasteiger charge is 2.18. The molecule has 0 radical (unpaired) electrons. The Bertz CT molecular complexity index is 664. The Labute approximate surface area is 149 Å². The van der Waals surface area contributed by atoms with Crippen molar-refractivity contribution in [2.75, 3.05) is 37.6 Å². The molecule has 0 unspecified atom stereocenters. The summed E-state index contributed by atoms with van der Waals surface area (Å²) in [6.45, 7) is 7.76. The molecule has 0 bridgehead atoms. The Balaban J connectivity index is 1.51. The van der Waals surface area contributed by atoms with Crippen molar-refractivity contribution in [2.45, 2.75) is 19.9 Å². The van der Waals surface area contributed by atoms with Crippen LogP contribution in [-0.2, 0) is 6.54 Å². The molecular weight excluding hydrogens is 312 g/mol. The number of hydrogen-bond acceptors (Lipinski definition) is 4. The summed E-state index contributed by atoms with van der Waals surface area (Å²) in [5.41, 5.74) is 2.94. The number of nitrogens with one attached hydrogen (secondary N) is 1. The van der Waals surface area contributed by atoms with Crippen LogP contribution in [0.5, 0.6) is 0 Å². The maximum absolute atomic E-state index is 11.9. The summed E-state index contributed by atoms with van der Waals surface area (Å²) >= 11 is 0. The second kappa shape index (κ2) is 8.62. The third-order valence-electron chi connectivity index (χ3n) is 4.50. The number of rotatable bonds is 6. The quantitative estimate of drug-likeness (QED) is 0.879. The molecule has 1 N–H and O–H groups in total. The van der Waals surface area contributed by atoms with Gasteiger partial charge in [0.15, 0.2) is 0 Å². The van der Waals surface area contributed by atoms with E-state index >= 15 is 0 Å². The van der Waals surface area contributed by atoms with E-state index < -0.39 is 0 Å². The molecule has 25 heavy (non-hydrogen) atoms. The Morgan fingerprint density at radius 2 is 1.84 bits per heavy atom. The molecule has 0 spiro atoms. The van der Waals surface area contributed by atoms with E-state index in [0.717, 1.165) is 44.8 Å². The van der Waals surface area contributed by atoms with Crippen molar-refractivity contribution in [1.82, 2.24) is 15.2 Å². The summed E-state index contributed by atoms with van der Waals surface area (Å²) in [5.74, 6) is -0.0962. The fourth-order valence-electron chi connectivity index (χ4n) is 3.04. The topological polar surface area (TPSA) is 48.5 Å². The molecule has 1 amide bonds. The first-order valence-electron chi connectivity index (χ1n) is 9.01. The van der Waals surface area contributed by atoms with Crippen LogP contribution in [0.1, 0.15) is 29.4 Å². The van der Waals surface area contributed by atoms with Crippen LogP contribution < -0.4 is 10.2 Å².